The molecular formula is C26H36O4Si. The van der Waals surface area contributed by atoms with Crippen LogP contribution in [-0.4, -0.2) is 40.2 Å². The van der Waals surface area contributed by atoms with E-state index in [0.717, 1.165) is 25.5 Å². The highest BCUT2D eigenvalue weighted by molar-refractivity contribution is 6.99. The van der Waals surface area contributed by atoms with Crippen LogP contribution in [0, 0.1) is 5.92 Å². The molecule has 1 fully saturated rings. The molecule has 0 saturated carbocycles. The lowest BCUT2D eigenvalue weighted by Gasteiger charge is -2.44. The Morgan fingerprint density at radius 2 is 1.61 bits per heavy atom. The van der Waals surface area contributed by atoms with E-state index < -0.39 is 8.32 Å². The lowest BCUT2D eigenvalue weighted by Crippen LogP contribution is -2.67. The second-order valence-electron chi connectivity index (χ2n) is 9.44. The Kier molecular flexibility index (Phi) is 8.22. The van der Waals surface area contributed by atoms with Gasteiger partial charge >= 0.3 is 0 Å². The first-order valence-corrected chi connectivity index (χ1v) is 13.3. The molecule has 1 saturated heterocycles. The first kappa shape index (κ1) is 23.9. The first-order valence-electron chi connectivity index (χ1n) is 11.4. The maximum Gasteiger partial charge on any atom is 0.261 e. The van der Waals surface area contributed by atoms with Crippen molar-refractivity contribution in [3.05, 3.63) is 60.7 Å². The van der Waals surface area contributed by atoms with Gasteiger partial charge in [0.25, 0.3) is 8.32 Å². The van der Waals surface area contributed by atoms with Gasteiger partial charge in [0.1, 0.15) is 6.29 Å². The molecule has 0 radical (unpaired) electrons. The number of hydrogen-bond acceptors (Lipinski definition) is 4. The van der Waals surface area contributed by atoms with Gasteiger partial charge < -0.3 is 18.7 Å². The Morgan fingerprint density at radius 3 is 2.06 bits per heavy atom. The van der Waals surface area contributed by atoms with Crippen LogP contribution in [0.25, 0.3) is 0 Å². The van der Waals surface area contributed by atoms with Gasteiger partial charge in [-0.15, -0.1) is 0 Å². The van der Waals surface area contributed by atoms with Gasteiger partial charge in [-0.05, 0) is 34.7 Å². The largest absolute Gasteiger partial charge is 0.405 e. The van der Waals surface area contributed by atoms with Crippen LogP contribution in [0.2, 0.25) is 5.04 Å². The lowest BCUT2D eigenvalue weighted by molar-refractivity contribution is -0.201. The van der Waals surface area contributed by atoms with Crippen LogP contribution in [0.5, 0.6) is 0 Å². The molecule has 0 aromatic heterocycles. The summed E-state index contributed by atoms with van der Waals surface area (Å²) in [5, 5.41) is 2.33. The number of aldehydes is 1. The smallest absolute Gasteiger partial charge is 0.261 e. The summed E-state index contributed by atoms with van der Waals surface area (Å²) in [5.74, 6) is -0.274. The van der Waals surface area contributed by atoms with Gasteiger partial charge in [-0.25, -0.2) is 0 Å². The summed E-state index contributed by atoms with van der Waals surface area (Å²) < 4.78 is 19.0. The van der Waals surface area contributed by atoms with Crippen molar-refractivity contribution in [3.8, 4) is 0 Å². The summed E-state index contributed by atoms with van der Waals surface area (Å²) in [7, 11) is -2.67. The van der Waals surface area contributed by atoms with Crippen molar-refractivity contribution in [2.75, 3.05) is 13.2 Å². The van der Waals surface area contributed by atoms with E-state index in [-0.39, 0.29) is 23.4 Å². The van der Waals surface area contributed by atoms with Crippen molar-refractivity contribution >= 4 is 25.0 Å². The fraction of sp³-hybridized carbons (Fsp3) is 0.500. The Morgan fingerprint density at radius 1 is 1.03 bits per heavy atom. The molecule has 0 N–H and O–H groups in total. The summed E-state index contributed by atoms with van der Waals surface area (Å²) >= 11 is 0. The summed E-state index contributed by atoms with van der Waals surface area (Å²) in [4.78, 5) is 11.7. The van der Waals surface area contributed by atoms with E-state index in [2.05, 4.69) is 69.3 Å². The van der Waals surface area contributed by atoms with E-state index >= 15 is 0 Å². The topological polar surface area (TPSA) is 44.8 Å². The third-order valence-electron chi connectivity index (χ3n) is 6.15. The summed E-state index contributed by atoms with van der Waals surface area (Å²) in [6.07, 6.45) is 3.37. The molecule has 3 atom stereocenters. The highest BCUT2D eigenvalue weighted by Gasteiger charge is 2.50. The van der Waals surface area contributed by atoms with Crippen LogP contribution in [0.15, 0.2) is 60.7 Å². The molecule has 4 nitrogen and oxygen atoms in total. The molecule has 2 aromatic carbocycles. The fourth-order valence-electron chi connectivity index (χ4n) is 4.38. The minimum absolute atomic E-state index is 0.119. The van der Waals surface area contributed by atoms with Crippen LogP contribution in [0.4, 0.5) is 0 Å². The van der Waals surface area contributed by atoms with Crippen LogP contribution >= 0.6 is 0 Å². The number of benzene rings is 2. The molecule has 3 rings (SSSR count). The quantitative estimate of drug-likeness (QED) is 0.431. The molecule has 168 valence electrons. The fourth-order valence-corrected chi connectivity index (χ4v) is 8.95. The Labute approximate surface area is 188 Å². The monoisotopic (exact) mass is 440 g/mol. The van der Waals surface area contributed by atoms with Crippen molar-refractivity contribution in [2.24, 2.45) is 5.92 Å². The van der Waals surface area contributed by atoms with Crippen LogP contribution in [-0.2, 0) is 18.7 Å². The summed E-state index contributed by atoms with van der Waals surface area (Å²) in [5.41, 5.74) is 0. The van der Waals surface area contributed by atoms with Crippen molar-refractivity contribution in [3.63, 3.8) is 0 Å². The van der Waals surface area contributed by atoms with E-state index in [1.807, 2.05) is 19.1 Å². The molecule has 5 heteroatoms. The zero-order valence-corrected chi connectivity index (χ0v) is 20.3. The zero-order valence-electron chi connectivity index (χ0n) is 19.3. The zero-order chi connectivity index (χ0) is 22.3. The second-order valence-corrected chi connectivity index (χ2v) is 13.7. The molecule has 1 aliphatic heterocycles. The Hall–Kier alpha value is -1.79. The van der Waals surface area contributed by atoms with Gasteiger partial charge in [-0.1, -0.05) is 88.4 Å². The molecule has 31 heavy (non-hydrogen) atoms. The SMILES string of the molecule is C[C@@H](C=O)[C@H](CO[Si](c1ccccc1)(c1ccccc1)C(C)(C)C)OC1CCCCO1. The first-order chi connectivity index (χ1) is 14.9. The molecule has 0 spiro atoms. The number of hydrogen-bond donors (Lipinski definition) is 0. The average Bonchev–Trinajstić information content (AvgIpc) is 2.79. The molecule has 1 aliphatic rings. The van der Waals surface area contributed by atoms with Crippen molar-refractivity contribution in [1.82, 2.24) is 0 Å². The highest BCUT2D eigenvalue weighted by atomic mass is 28.4. The average molecular weight is 441 g/mol. The highest BCUT2D eigenvalue weighted by Crippen LogP contribution is 2.37. The molecule has 1 unspecified atom stereocenters. The van der Waals surface area contributed by atoms with Crippen LogP contribution < -0.4 is 10.4 Å². The normalized spacial score (nSPS) is 19.5. The molecule has 0 aliphatic carbocycles. The number of ether oxygens (including phenoxy) is 2. The van der Waals surface area contributed by atoms with Gasteiger partial charge in [0.05, 0.1) is 12.7 Å². The van der Waals surface area contributed by atoms with Gasteiger partial charge in [-0.3, -0.25) is 0 Å². The standard InChI is InChI=1S/C26H36O4Si/c1-21(19-27)24(30-25-17-11-12-18-28-25)20-29-31(26(2,3)4,22-13-7-5-8-14-22)23-15-9-6-10-16-23/h5-10,13-16,19,21,24-25H,11-12,17-18,20H2,1-4H3/t21-,24-,25?/m0/s1. The summed E-state index contributed by atoms with van der Waals surface area (Å²) in [6.45, 7) is 9.72. The van der Waals surface area contributed by atoms with E-state index in [1.54, 1.807) is 0 Å². The summed E-state index contributed by atoms with van der Waals surface area (Å²) in [6, 6.07) is 21.1. The van der Waals surface area contributed by atoms with Crippen LogP contribution in [0.1, 0.15) is 47.0 Å². The number of carbonyl (C=O) groups excluding carboxylic acids is 1. The van der Waals surface area contributed by atoms with Crippen molar-refractivity contribution in [2.45, 2.75) is 64.4 Å². The van der Waals surface area contributed by atoms with Crippen molar-refractivity contribution in [1.29, 1.82) is 0 Å². The van der Waals surface area contributed by atoms with Gasteiger partial charge in [0.15, 0.2) is 6.29 Å². The van der Waals surface area contributed by atoms with Crippen molar-refractivity contribution < 1.29 is 18.7 Å². The van der Waals surface area contributed by atoms with E-state index in [9.17, 15) is 4.79 Å². The second kappa shape index (κ2) is 10.7. The van der Waals surface area contributed by atoms with Gasteiger partial charge in [0.2, 0.25) is 0 Å². The maximum atomic E-state index is 11.7. The predicted octanol–water partition coefficient (Wildman–Crippen LogP) is 4.31. The van der Waals surface area contributed by atoms with Gasteiger partial charge in [0, 0.05) is 12.5 Å². The minimum atomic E-state index is -2.67. The molecule has 0 amide bonds. The minimum Gasteiger partial charge on any atom is -0.405 e. The van der Waals surface area contributed by atoms with E-state index in [4.69, 9.17) is 13.9 Å². The lowest BCUT2D eigenvalue weighted by atomic mass is 10.1. The number of rotatable bonds is 9. The molecule has 2 aromatic rings. The third-order valence-corrected chi connectivity index (χ3v) is 11.2. The maximum absolute atomic E-state index is 11.7. The number of carbonyl (C=O) groups is 1. The van der Waals surface area contributed by atoms with Gasteiger partial charge in [-0.2, -0.15) is 0 Å². The Balaban J connectivity index is 1.96. The molecule has 1 heterocycles. The third kappa shape index (κ3) is 5.53. The molecular weight excluding hydrogens is 404 g/mol. The predicted molar refractivity (Wildman–Crippen MR) is 127 cm³/mol. The molecule has 0 bridgehead atoms. The Bertz CT molecular complexity index is 758. The van der Waals surface area contributed by atoms with E-state index in [0.29, 0.717) is 13.2 Å². The van der Waals surface area contributed by atoms with E-state index in [1.165, 1.54) is 10.4 Å². The van der Waals surface area contributed by atoms with Crippen LogP contribution in [0.3, 0.4) is 0 Å².